The number of rotatable bonds is 6. The summed E-state index contributed by atoms with van der Waals surface area (Å²) in [4.78, 5) is 0. The summed E-state index contributed by atoms with van der Waals surface area (Å²) in [5.74, 6) is 0. The highest BCUT2D eigenvalue weighted by atomic mass is 35.5. The first-order valence-electron chi connectivity index (χ1n) is 4.18. The van der Waals surface area contributed by atoms with Crippen molar-refractivity contribution >= 4 is 12.4 Å². The minimum Gasteiger partial charge on any atom is -0.376 e. The van der Waals surface area contributed by atoms with E-state index in [1.165, 1.54) is 0 Å². The predicted octanol–water partition coefficient (Wildman–Crippen LogP) is 0.726. The Bertz CT molecular complexity index is 99.1. The van der Waals surface area contributed by atoms with Gasteiger partial charge in [-0.15, -0.1) is 12.4 Å². The molecular weight excluding hydrogens is 176 g/mol. The molecule has 0 spiro atoms. The first kappa shape index (κ1) is 14.7. The summed E-state index contributed by atoms with van der Waals surface area (Å²) in [6, 6.07) is 0. The van der Waals surface area contributed by atoms with Gasteiger partial charge in [-0.25, -0.2) is 0 Å². The molecule has 76 valence electrons. The Morgan fingerprint density at radius 1 is 1.25 bits per heavy atom. The molecule has 0 radical (unpaired) electrons. The molecule has 3 N–H and O–H groups in total. The lowest BCUT2D eigenvalue weighted by atomic mass is 10.1. The zero-order valence-electron chi connectivity index (χ0n) is 8.18. The summed E-state index contributed by atoms with van der Waals surface area (Å²) < 4.78 is 0. The van der Waals surface area contributed by atoms with Crippen molar-refractivity contribution in [3.63, 3.8) is 0 Å². The first-order chi connectivity index (χ1) is 5.12. The standard InChI is InChI=1S/C8H20N2O.ClH/c1-8(11,10-3)6-4-5-7-9-2;/h9-11H,4-7H2,1-3H3;1H. The maximum absolute atomic E-state index is 9.49. The van der Waals surface area contributed by atoms with Gasteiger partial charge < -0.3 is 10.4 Å². The van der Waals surface area contributed by atoms with E-state index >= 15 is 0 Å². The highest BCUT2D eigenvalue weighted by Crippen LogP contribution is 2.08. The number of halogens is 1. The van der Waals surface area contributed by atoms with Crippen LogP contribution in [0.3, 0.4) is 0 Å². The molecule has 0 rings (SSSR count). The van der Waals surface area contributed by atoms with Crippen LogP contribution in [-0.4, -0.2) is 31.5 Å². The maximum Gasteiger partial charge on any atom is 0.112 e. The van der Waals surface area contributed by atoms with Gasteiger partial charge in [0.05, 0.1) is 0 Å². The van der Waals surface area contributed by atoms with Crippen molar-refractivity contribution in [3.8, 4) is 0 Å². The fourth-order valence-electron chi connectivity index (χ4n) is 0.896. The molecule has 0 saturated heterocycles. The minimum atomic E-state index is -0.687. The van der Waals surface area contributed by atoms with Crippen molar-refractivity contribution in [1.82, 2.24) is 10.6 Å². The second kappa shape index (κ2) is 7.80. The molecule has 0 aliphatic carbocycles. The van der Waals surface area contributed by atoms with Gasteiger partial charge in [-0.2, -0.15) is 0 Å². The van der Waals surface area contributed by atoms with E-state index in [4.69, 9.17) is 0 Å². The average molecular weight is 197 g/mol. The molecule has 0 amide bonds. The number of unbranched alkanes of at least 4 members (excludes halogenated alkanes) is 1. The van der Waals surface area contributed by atoms with Crippen LogP contribution in [0.15, 0.2) is 0 Å². The van der Waals surface area contributed by atoms with E-state index in [-0.39, 0.29) is 12.4 Å². The van der Waals surface area contributed by atoms with E-state index in [1.807, 2.05) is 7.05 Å². The molecule has 4 heteroatoms. The summed E-state index contributed by atoms with van der Waals surface area (Å²) in [5.41, 5.74) is -0.687. The third kappa shape index (κ3) is 8.27. The van der Waals surface area contributed by atoms with Crippen molar-refractivity contribution < 1.29 is 5.11 Å². The second-order valence-electron chi connectivity index (χ2n) is 3.08. The Balaban J connectivity index is 0. The molecular formula is C8H21ClN2O. The smallest absolute Gasteiger partial charge is 0.112 e. The summed E-state index contributed by atoms with van der Waals surface area (Å²) >= 11 is 0. The first-order valence-corrected chi connectivity index (χ1v) is 4.18. The van der Waals surface area contributed by atoms with E-state index in [0.29, 0.717) is 0 Å². The van der Waals surface area contributed by atoms with Gasteiger partial charge in [-0.05, 0) is 46.8 Å². The highest BCUT2D eigenvalue weighted by Gasteiger charge is 2.15. The Morgan fingerprint density at radius 3 is 2.25 bits per heavy atom. The van der Waals surface area contributed by atoms with Crippen LogP contribution in [0.2, 0.25) is 0 Å². The normalized spacial score (nSPS) is 15.0. The van der Waals surface area contributed by atoms with Crippen molar-refractivity contribution in [3.05, 3.63) is 0 Å². The molecule has 0 aromatic rings. The quantitative estimate of drug-likeness (QED) is 0.434. The van der Waals surface area contributed by atoms with Crippen molar-refractivity contribution in [2.45, 2.75) is 31.9 Å². The van der Waals surface area contributed by atoms with Crippen LogP contribution in [0.25, 0.3) is 0 Å². The Labute approximate surface area is 81.3 Å². The van der Waals surface area contributed by atoms with Gasteiger partial charge in [-0.3, -0.25) is 5.32 Å². The zero-order chi connectivity index (χ0) is 8.74. The molecule has 1 unspecified atom stereocenters. The molecule has 0 bridgehead atoms. The lowest BCUT2D eigenvalue weighted by molar-refractivity contribution is 0.0212. The predicted molar refractivity (Wildman–Crippen MR) is 54.7 cm³/mol. The molecule has 0 heterocycles. The molecule has 1 atom stereocenters. The maximum atomic E-state index is 9.49. The van der Waals surface area contributed by atoms with Crippen LogP contribution in [0.4, 0.5) is 0 Å². The van der Waals surface area contributed by atoms with E-state index in [0.717, 1.165) is 25.8 Å². The van der Waals surface area contributed by atoms with Crippen molar-refractivity contribution in [2.75, 3.05) is 20.6 Å². The van der Waals surface area contributed by atoms with Crippen LogP contribution in [0.1, 0.15) is 26.2 Å². The van der Waals surface area contributed by atoms with Crippen molar-refractivity contribution in [2.24, 2.45) is 0 Å². The van der Waals surface area contributed by atoms with Crippen molar-refractivity contribution in [1.29, 1.82) is 0 Å². The van der Waals surface area contributed by atoms with Gasteiger partial charge in [0.1, 0.15) is 5.72 Å². The Kier molecular flexibility index (Phi) is 9.54. The van der Waals surface area contributed by atoms with Crippen LogP contribution in [-0.2, 0) is 0 Å². The van der Waals surface area contributed by atoms with E-state index in [9.17, 15) is 5.11 Å². The molecule has 3 nitrogen and oxygen atoms in total. The topological polar surface area (TPSA) is 44.3 Å². The number of nitrogens with one attached hydrogen (secondary N) is 2. The van der Waals surface area contributed by atoms with Crippen LogP contribution in [0, 0.1) is 0 Å². The molecule has 0 saturated carbocycles. The van der Waals surface area contributed by atoms with Crippen LogP contribution < -0.4 is 10.6 Å². The fourth-order valence-corrected chi connectivity index (χ4v) is 0.896. The Morgan fingerprint density at radius 2 is 1.83 bits per heavy atom. The van der Waals surface area contributed by atoms with Gasteiger partial charge in [-0.1, -0.05) is 0 Å². The Hall–Kier alpha value is 0.170. The molecule has 12 heavy (non-hydrogen) atoms. The van der Waals surface area contributed by atoms with Gasteiger partial charge in [0.25, 0.3) is 0 Å². The van der Waals surface area contributed by atoms with E-state index in [1.54, 1.807) is 14.0 Å². The van der Waals surface area contributed by atoms with Gasteiger partial charge in [0.15, 0.2) is 0 Å². The van der Waals surface area contributed by atoms with Crippen LogP contribution >= 0.6 is 12.4 Å². The molecule has 0 aliphatic heterocycles. The molecule has 0 aromatic heterocycles. The third-order valence-electron chi connectivity index (χ3n) is 1.88. The average Bonchev–Trinajstić information content (AvgIpc) is 1.99. The zero-order valence-corrected chi connectivity index (χ0v) is 9.00. The lowest BCUT2D eigenvalue weighted by Gasteiger charge is -2.21. The third-order valence-corrected chi connectivity index (χ3v) is 1.88. The minimum absolute atomic E-state index is 0. The summed E-state index contributed by atoms with van der Waals surface area (Å²) in [6.07, 6.45) is 2.98. The summed E-state index contributed by atoms with van der Waals surface area (Å²) in [5, 5.41) is 15.4. The molecule has 0 aromatic carbocycles. The van der Waals surface area contributed by atoms with E-state index in [2.05, 4.69) is 10.6 Å². The number of aliphatic hydroxyl groups is 1. The number of hydrogen-bond acceptors (Lipinski definition) is 3. The SMILES string of the molecule is CNCCCCC(C)(O)NC.Cl. The molecule has 0 aliphatic rings. The lowest BCUT2D eigenvalue weighted by Crippen LogP contribution is -2.39. The van der Waals surface area contributed by atoms with Gasteiger partial charge >= 0.3 is 0 Å². The monoisotopic (exact) mass is 196 g/mol. The largest absolute Gasteiger partial charge is 0.376 e. The van der Waals surface area contributed by atoms with E-state index < -0.39 is 5.72 Å². The summed E-state index contributed by atoms with van der Waals surface area (Å²) in [6.45, 7) is 2.83. The highest BCUT2D eigenvalue weighted by molar-refractivity contribution is 5.85. The second-order valence-corrected chi connectivity index (χ2v) is 3.08. The van der Waals surface area contributed by atoms with Crippen LogP contribution in [0.5, 0.6) is 0 Å². The molecule has 0 fully saturated rings. The van der Waals surface area contributed by atoms with Gasteiger partial charge in [0, 0.05) is 0 Å². The summed E-state index contributed by atoms with van der Waals surface area (Å²) in [7, 11) is 3.72. The fraction of sp³-hybridized carbons (Fsp3) is 1.00. The number of hydrogen-bond donors (Lipinski definition) is 3. The van der Waals surface area contributed by atoms with Gasteiger partial charge in [0.2, 0.25) is 0 Å².